The third-order valence-electron chi connectivity index (χ3n) is 3.24. The van der Waals surface area contributed by atoms with Crippen molar-refractivity contribution in [3.8, 4) is 11.1 Å². The molecule has 0 aliphatic carbocycles. The number of hydrogen-bond acceptors (Lipinski definition) is 2. The molecule has 100 valence electrons. The van der Waals surface area contributed by atoms with Crippen LogP contribution in [0, 0.1) is 3.82 Å². The zero-order chi connectivity index (χ0) is 13.8. The number of aryl methyl sites for hydroxylation is 2. The van der Waals surface area contributed by atoms with Gasteiger partial charge in [-0.2, -0.15) is 0 Å². The lowest BCUT2D eigenvalue weighted by atomic mass is 10.1. The zero-order valence-corrected chi connectivity index (χ0v) is 12.7. The maximum absolute atomic E-state index is 5.48. The third-order valence-corrected chi connectivity index (χ3v) is 4.59. The molecule has 0 aliphatic rings. The van der Waals surface area contributed by atoms with Crippen LogP contribution in [-0.4, -0.2) is 3.96 Å². The normalized spacial score (nSPS) is 10.6. The van der Waals surface area contributed by atoms with E-state index in [-0.39, 0.29) is 0 Å². The van der Waals surface area contributed by atoms with Crippen molar-refractivity contribution in [2.75, 3.05) is 0 Å². The van der Waals surface area contributed by atoms with Crippen LogP contribution < -0.4 is 0 Å². The fourth-order valence-electron chi connectivity index (χ4n) is 2.18. The molecule has 3 rings (SSSR count). The van der Waals surface area contributed by atoms with Gasteiger partial charge in [0, 0.05) is 18.3 Å². The Morgan fingerprint density at radius 2 is 1.55 bits per heavy atom. The molecule has 1 heterocycles. The molecule has 3 aromatic rings. The molecule has 0 spiro atoms. The number of rotatable bonds is 4. The molecule has 0 saturated carbocycles. The molecule has 1 aromatic heterocycles. The van der Waals surface area contributed by atoms with Gasteiger partial charge in [-0.3, -0.25) is 0 Å². The average molecular weight is 297 g/mol. The monoisotopic (exact) mass is 297 g/mol. The van der Waals surface area contributed by atoms with E-state index in [9.17, 15) is 0 Å². The van der Waals surface area contributed by atoms with Gasteiger partial charge in [0.25, 0.3) is 0 Å². The van der Waals surface area contributed by atoms with Crippen LogP contribution in [0.1, 0.15) is 5.56 Å². The Morgan fingerprint density at radius 1 is 0.900 bits per heavy atom. The summed E-state index contributed by atoms with van der Waals surface area (Å²) in [7, 11) is 0. The fourth-order valence-corrected chi connectivity index (χ4v) is 3.46. The molecule has 0 unspecified atom stereocenters. The van der Waals surface area contributed by atoms with Gasteiger partial charge in [-0.05, 0) is 29.1 Å². The predicted molar refractivity (Wildman–Crippen MR) is 88.7 cm³/mol. The van der Waals surface area contributed by atoms with Crippen molar-refractivity contribution in [3.05, 3.63) is 76.2 Å². The standard InChI is InChI=1S/C17H15NS2/c19-17-16(15-9-5-2-6-10-15)13-18(20-17)12-11-14-7-3-1-4-8-14/h1-10,13H,11-12H2. The quantitative estimate of drug-likeness (QED) is 0.600. The van der Waals surface area contributed by atoms with Crippen LogP contribution in [-0.2, 0) is 13.0 Å². The van der Waals surface area contributed by atoms with Crippen molar-refractivity contribution in [2.24, 2.45) is 0 Å². The molecule has 0 saturated heterocycles. The SMILES string of the molecule is S=c1sn(CCc2ccccc2)cc1-c1ccccc1. The van der Waals surface area contributed by atoms with Crippen molar-refractivity contribution in [2.45, 2.75) is 13.0 Å². The predicted octanol–water partition coefficient (Wildman–Crippen LogP) is 5.19. The second-order valence-electron chi connectivity index (χ2n) is 4.66. The largest absolute Gasteiger partial charge is 0.303 e. The molecule has 0 radical (unpaired) electrons. The first-order chi connectivity index (χ1) is 9.83. The highest BCUT2D eigenvalue weighted by Crippen LogP contribution is 2.24. The smallest absolute Gasteiger partial charge is 0.116 e. The molecule has 0 fully saturated rings. The van der Waals surface area contributed by atoms with Gasteiger partial charge in [0.05, 0.1) is 0 Å². The highest BCUT2D eigenvalue weighted by Gasteiger charge is 2.04. The summed E-state index contributed by atoms with van der Waals surface area (Å²) in [4.78, 5) is 0. The molecule has 3 heteroatoms. The van der Waals surface area contributed by atoms with Crippen molar-refractivity contribution >= 4 is 23.8 Å². The van der Waals surface area contributed by atoms with Crippen LogP contribution in [0.3, 0.4) is 0 Å². The highest BCUT2D eigenvalue weighted by molar-refractivity contribution is 7.73. The second-order valence-corrected chi connectivity index (χ2v) is 6.39. The molecule has 1 nitrogen and oxygen atoms in total. The Bertz CT molecular complexity index is 726. The lowest BCUT2D eigenvalue weighted by Crippen LogP contribution is -1.96. The van der Waals surface area contributed by atoms with Gasteiger partial charge in [0.2, 0.25) is 0 Å². The summed E-state index contributed by atoms with van der Waals surface area (Å²) in [5.74, 6) is 0. The Kier molecular flexibility index (Phi) is 4.09. The van der Waals surface area contributed by atoms with Crippen LogP contribution in [0.15, 0.2) is 66.9 Å². The molecular weight excluding hydrogens is 282 g/mol. The first kappa shape index (κ1) is 13.3. The van der Waals surface area contributed by atoms with Crippen molar-refractivity contribution in [1.29, 1.82) is 0 Å². The first-order valence-electron chi connectivity index (χ1n) is 6.63. The molecule has 2 aromatic carbocycles. The number of hydrogen-bond donors (Lipinski definition) is 0. The lowest BCUT2D eigenvalue weighted by molar-refractivity contribution is 0.754. The van der Waals surface area contributed by atoms with Crippen molar-refractivity contribution in [3.63, 3.8) is 0 Å². The van der Waals surface area contributed by atoms with Crippen molar-refractivity contribution < 1.29 is 0 Å². The summed E-state index contributed by atoms with van der Waals surface area (Å²) in [6.45, 7) is 0.977. The number of nitrogens with zero attached hydrogens (tertiary/aromatic N) is 1. The zero-order valence-electron chi connectivity index (χ0n) is 11.0. The molecule has 0 atom stereocenters. The van der Waals surface area contributed by atoms with E-state index in [4.69, 9.17) is 12.2 Å². The lowest BCUT2D eigenvalue weighted by Gasteiger charge is -2.01. The van der Waals surface area contributed by atoms with Gasteiger partial charge in [-0.25, -0.2) is 0 Å². The third kappa shape index (κ3) is 3.06. The van der Waals surface area contributed by atoms with E-state index in [0.717, 1.165) is 16.8 Å². The van der Waals surface area contributed by atoms with E-state index in [1.807, 2.05) is 6.07 Å². The Balaban J connectivity index is 1.78. The van der Waals surface area contributed by atoms with E-state index < -0.39 is 0 Å². The second kappa shape index (κ2) is 6.16. The van der Waals surface area contributed by atoms with Crippen molar-refractivity contribution in [1.82, 2.24) is 3.96 Å². The van der Waals surface area contributed by atoms with Crippen LogP contribution in [0.2, 0.25) is 0 Å². The molecule has 0 N–H and O–H groups in total. The fraction of sp³-hybridized carbons (Fsp3) is 0.118. The minimum absolute atomic E-state index is 0.962. The number of benzene rings is 2. The first-order valence-corrected chi connectivity index (χ1v) is 7.81. The summed E-state index contributed by atoms with van der Waals surface area (Å²) < 4.78 is 3.20. The van der Waals surface area contributed by atoms with Gasteiger partial charge in [0.1, 0.15) is 3.82 Å². The van der Waals surface area contributed by atoms with Crippen LogP contribution in [0.4, 0.5) is 0 Å². The Morgan fingerprint density at radius 3 is 2.25 bits per heavy atom. The van der Waals surface area contributed by atoms with E-state index in [2.05, 4.69) is 64.8 Å². The highest BCUT2D eigenvalue weighted by atomic mass is 32.2. The topological polar surface area (TPSA) is 4.93 Å². The maximum atomic E-state index is 5.48. The molecule has 0 amide bonds. The molecular formula is C17H15NS2. The van der Waals surface area contributed by atoms with Gasteiger partial charge in [-0.15, -0.1) is 0 Å². The van der Waals surface area contributed by atoms with Crippen LogP contribution in [0.25, 0.3) is 11.1 Å². The summed E-state index contributed by atoms with van der Waals surface area (Å²) in [6, 6.07) is 20.9. The van der Waals surface area contributed by atoms with Gasteiger partial charge in [-0.1, -0.05) is 72.9 Å². The summed E-state index contributed by atoms with van der Waals surface area (Å²) in [5.41, 5.74) is 3.73. The van der Waals surface area contributed by atoms with E-state index in [1.54, 1.807) is 11.5 Å². The van der Waals surface area contributed by atoms with E-state index in [1.165, 1.54) is 16.7 Å². The minimum Gasteiger partial charge on any atom is -0.303 e. The van der Waals surface area contributed by atoms with Crippen LogP contribution >= 0.6 is 23.8 Å². The molecule has 20 heavy (non-hydrogen) atoms. The Hall–Kier alpha value is -1.71. The molecule has 0 bridgehead atoms. The summed E-state index contributed by atoms with van der Waals surface area (Å²) in [5, 5.41) is 0. The summed E-state index contributed by atoms with van der Waals surface area (Å²) in [6.07, 6.45) is 3.21. The Labute approximate surface area is 128 Å². The van der Waals surface area contributed by atoms with Gasteiger partial charge < -0.3 is 3.96 Å². The van der Waals surface area contributed by atoms with Crippen LogP contribution in [0.5, 0.6) is 0 Å². The van der Waals surface area contributed by atoms with E-state index in [0.29, 0.717) is 0 Å². The van der Waals surface area contributed by atoms with Gasteiger partial charge >= 0.3 is 0 Å². The van der Waals surface area contributed by atoms with E-state index >= 15 is 0 Å². The average Bonchev–Trinajstić information content (AvgIpc) is 2.88. The minimum atomic E-state index is 0.962. The maximum Gasteiger partial charge on any atom is 0.116 e. The number of aromatic nitrogens is 1. The summed E-state index contributed by atoms with van der Waals surface area (Å²) >= 11 is 7.14. The van der Waals surface area contributed by atoms with Gasteiger partial charge in [0.15, 0.2) is 0 Å². The molecule has 0 aliphatic heterocycles.